The predicted octanol–water partition coefficient (Wildman–Crippen LogP) is 2.29. The molecular weight excluding hydrogens is 206 g/mol. The Bertz CT molecular complexity index is 285. The highest BCUT2D eigenvalue weighted by molar-refractivity contribution is 7.99. The molecule has 86 valence electrons. The maximum Gasteiger partial charge on any atom is 0.0625 e. The zero-order valence-electron chi connectivity index (χ0n) is 10.0. The van der Waals surface area contributed by atoms with Crippen molar-refractivity contribution in [1.82, 2.24) is 15.1 Å². The Balaban J connectivity index is 2.32. The van der Waals surface area contributed by atoms with Crippen LogP contribution < -0.4 is 5.32 Å². The number of hydrogen-bond acceptors (Lipinski definition) is 3. The molecule has 2 unspecified atom stereocenters. The lowest BCUT2D eigenvalue weighted by Gasteiger charge is -2.16. The van der Waals surface area contributed by atoms with Gasteiger partial charge in [-0.25, -0.2) is 0 Å². The van der Waals surface area contributed by atoms with Gasteiger partial charge in [0, 0.05) is 29.4 Å². The molecule has 1 rings (SSSR count). The fourth-order valence-electron chi connectivity index (χ4n) is 1.67. The quantitative estimate of drug-likeness (QED) is 0.756. The molecule has 1 N–H and O–H groups in total. The molecule has 0 amide bonds. The normalized spacial score (nSPS) is 15.2. The molecule has 0 spiro atoms. The Labute approximate surface area is 96.6 Å². The lowest BCUT2D eigenvalue weighted by Crippen LogP contribution is -2.27. The van der Waals surface area contributed by atoms with Gasteiger partial charge < -0.3 is 5.32 Å². The van der Waals surface area contributed by atoms with Gasteiger partial charge in [-0.2, -0.15) is 5.10 Å². The Morgan fingerprint density at radius 3 is 2.80 bits per heavy atom. The van der Waals surface area contributed by atoms with E-state index >= 15 is 0 Å². The number of nitrogens with one attached hydrogen (secondary N) is 1. The summed E-state index contributed by atoms with van der Waals surface area (Å²) in [7, 11) is 1.95. The molecule has 0 saturated carbocycles. The van der Waals surface area contributed by atoms with Crippen molar-refractivity contribution in [3.63, 3.8) is 0 Å². The minimum atomic E-state index is 0.592. The van der Waals surface area contributed by atoms with E-state index in [9.17, 15) is 0 Å². The van der Waals surface area contributed by atoms with Gasteiger partial charge in [-0.3, -0.25) is 4.68 Å². The number of rotatable bonds is 6. The van der Waals surface area contributed by atoms with Crippen molar-refractivity contribution in [3.8, 4) is 0 Å². The van der Waals surface area contributed by atoms with Crippen molar-refractivity contribution in [2.75, 3.05) is 6.54 Å². The summed E-state index contributed by atoms with van der Waals surface area (Å²) in [6.45, 7) is 7.70. The first-order valence-electron chi connectivity index (χ1n) is 5.50. The maximum atomic E-state index is 4.17. The van der Waals surface area contributed by atoms with Crippen LogP contribution in [0.3, 0.4) is 0 Å². The standard InChI is InChI=1S/C11H21N3S/c1-5-12-9(2)6-10(3)15-11-7-13-14(4)8-11/h7-10,12H,5-6H2,1-4H3. The number of nitrogens with zero attached hydrogens (tertiary/aromatic N) is 2. The van der Waals surface area contributed by atoms with Crippen LogP contribution in [-0.2, 0) is 7.05 Å². The molecule has 0 aliphatic heterocycles. The average Bonchev–Trinajstić information content (AvgIpc) is 2.51. The summed E-state index contributed by atoms with van der Waals surface area (Å²) >= 11 is 1.90. The number of aryl methyl sites for hydroxylation is 1. The highest BCUT2D eigenvalue weighted by Crippen LogP contribution is 2.25. The van der Waals surface area contributed by atoms with Crippen LogP contribution in [0.4, 0.5) is 0 Å². The summed E-state index contributed by atoms with van der Waals surface area (Å²) < 4.78 is 1.85. The second-order valence-corrected chi connectivity index (χ2v) is 5.48. The second-order valence-electron chi connectivity index (χ2n) is 3.97. The molecule has 1 aromatic rings. The molecule has 0 radical (unpaired) electrons. The smallest absolute Gasteiger partial charge is 0.0625 e. The van der Waals surface area contributed by atoms with Crippen molar-refractivity contribution in [1.29, 1.82) is 0 Å². The molecule has 0 aliphatic rings. The fraction of sp³-hybridized carbons (Fsp3) is 0.727. The van der Waals surface area contributed by atoms with Gasteiger partial charge >= 0.3 is 0 Å². The van der Waals surface area contributed by atoms with E-state index in [0.717, 1.165) is 6.54 Å². The van der Waals surface area contributed by atoms with Crippen molar-refractivity contribution in [2.24, 2.45) is 7.05 Å². The molecule has 0 aromatic carbocycles. The van der Waals surface area contributed by atoms with E-state index in [2.05, 4.69) is 37.4 Å². The van der Waals surface area contributed by atoms with E-state index in [1.54, 1.807) is 0 Å². The maximum absolute atomic E-state index is 4.17. The molecule has 2 atom stereocenters. The van der Waals surface area contributed by atoms with Gasteiger partial charge in [-0.15, -0.1) is 11.8 Å². The van der Waals surface area contributed by atoms with E-state index < -0.39 is 0 Å². The van der Waals surface area contributed by atoms with Crippen LogP contribution in [0.15, 0.2) is 17.3 Å². The lowest BCUT2D eigenvalue weighted by molar-refractivity contribution is 0.530. The van der Waals surface area contributed by atoms with Gasteiger partial charge in [0.25, 0.3) is 0 Å². The summed E-state index contributed by atoms with van der Waals surface area (Å²) in [6, 6.07) is 0.592. The Morgan fingerprint density at radius 1 is 1.53 bits per heavy atom. The van der Waals surface area contributed by atoms with E-state index in [4.69, 9.17) is 0 Å². The van der Waals surface area contributed by atoms with Crippen LogP contribution in [0, 0.1) is 0 Å². The summed E-state index contributed by atoms with van der Waals surface area (Å²) in [5, 5.41) is 8.23. The summed E-state index contributed by atoms with van der Waals surface area (Å²) in [4.78, 5) is 1.26. The first-order valence-corrected chi connectivity index (χ1v) is 6.38. The molecule has 3 nitrogen and oxygen atoms in total. The molecule has 0 saturated heterocycles. The fourth-order valence-corrected chi connectivity index (χ4v) is 2.84. The SMILES string of the molecule is CCNC(C)CC(C)Sc1cnn(C)c1. The van der Waals surface area contributed by atoms with E-state index in [1.165, 1.54) is 11.3 Å². The van der Waals surface area contributed by atoms with Gasteiger partial charge in [0.05, 0.1) is 6.20 Å². The highest BCUT2D eigenvalue weighted by atomic mass is 32.2. The third-order valence-corrected chi connectivity index (χ3v) is 3.33. The lowest BCUT2D eigenvalue weighted by atomic mass is 10.2. The first-order chi connectivity index (χ1) is 7.11. The molecule has 1 aromatic heterocycles. The molecule has 4 heteroatoms. The molecular formula is C11H21N3S. The third-order valence-electron chi connectivity index (χ3n) is 2.26. The van der Waals surface area contributed by atoms with Gasteiger partial charge in [0.2, 0.25) is 0 Å². The second kappa shape index (κ2) is 6.18. The topological polar surface area (TPSA) is 29.9 Å². The van der Waals surface area contributed by atoms with Crippen LogP contribution in [0.2, 0.25) is 0 Å². The third kappa shape index (κ3) is 4.71. The van der Waals surface area contributed by atoms with Crippen molar-refractivity contribution in [3.05, 3.63) is 12.4 Å². The van der Waals surface area contributed by atoms with E-state index in [0.29, 0.717) is 11.3 Å². The summed E-state index contributed by atoms with van der Waals surface area (Å²) in [6.07, 6.45) is 5.19. The number of hydrogen-bond donors (Lipinski definition) is 1. The van der Waals surface area contributed by atoms with Crippen LogP contribution in [0.5, 0.6) is 0 Å². The first kappa shape index (κ1) is 12.6. The molecule has 1 heterocycles. The van der Waals surface area contributed by atoms with Gasteiger partial charge in [0.1, 0.15) is 0 Å². The molecule has 15 heavy (non-hydrogen) atoms. The zero-order valence-corrected chi connectivity index (χ0v) is 10.8. The van der Waals surface area contributed by atoms with Gasteiger partial charge in [-0.1, -0.05) is 13.8 Å². The van der Waals surface area contributed by atoms with Crippen LogP contribution >= 0.6 is 11.8 Å². The minimum absolute atomic E-state index is 0.592. The van der Waals surface area contributed by atoms with Crippen molar-refractivity contribution in [2.45, 2.75) is 43.4 Å². The largest absolute Gasteiger partial charge is 0.314 e. The van der Waals surface area contributed by atoms with Crippen molar-refractivity contribution >= 4 is 11.8 Å². The Hall–Kier alpha value is -0.480. The monoisotopic (exact) mass is 227 g/mol. The Morgan fingerprint density at radius 2 is 2.27 bits per heavy atom. The molecule has 0 bridgehead atoms. The predicted molar refractivity (Wildman–Crippen MR) is 66.3 cm³/mol. The van der Waals surface area contributed by atoms with Crippen molar-refractivity contribution < 1.29 is 0 Å². The summed E-state index contributed by atoms with van der Waals surface area (Å²) in [5.41, 5.74) is 0. The van der Waals surface area contributed by atoms with Crippen LogP contribution in [0.25, 0.3) is 0 Å². The molecule has 0 fully saturated rings. The summed E-state index contributed by atoms with van der Waals surface area (Å²) in [5.74, 6) is 0. The minimum Gasteiger partial charge on any atom is -0.314 e. The number of thioether (sulfide) groups is 1. The van der Waals surface area contributed by atoms with Gasteiger partial charge in [-0.05, 0) is 19.9 Å². The zero-order chi connectivity index (χ0) is 11.3. The van der Waals surface area contributed by atoms with Gasteiger partial charge in [0.15, 0.2) is 0 Å². The van der Waals surface area contributed by atoms with Crippen LogP contribution in [-0.4, -0.2) is 27.6 Å². The average molecular weight is 227 g/mol. The van der Waals surface area contributed by atoms with Crippen LogP contribution in [0.1, 0.15) is 27.2 Å². The van der Waals surface area contributed by atoms with E-state index in [1.807, 2.05) is 29.7 Å². The highest BCUT2D eigenvalue weighted by Gasteiger charge is 2.09. The number of aromatic nitrogens is 2. The Kier molecular flexibility index (Phi) is 5.19. The van der Waals surface area contributed by atoms with E-state index in [-0.39, 0.29) is 0 Å². The molecule has 0 aliphatic carbocycles.